The summed E-state index contributed by atoms with van der Waals surface area (Å²) in [4.78, 5) is 12.2. The van der Waals surface area contributed by atoms with Crippen molar-refractivity contribution in [2.24, 2.45) is 0 Å². The molecule has 0 aliphatic rings. The summed E-state index contributed by atoms with van der Waals surface area (Å²) in [6.45, 7) is 4.40. The summed E-state index contributed by atoms with van der Waals surface area (Å²) >= 11 is 3.79. The molecule has 2 nitrogen and oxygen atoms in total. The molecule has 4 heteroatoms. The minimum atomic E-state index is -0.196. The number of thioether (sulfide) groups is 2. The van der Waals surface area contributed by atoms with E-state index in [4.69, 9.17) is 4.74 Å². The Kier molecular flexibility index (Phi) is 11.4. The Balaban J connectivity index is 2.43. The van der Waals surface area contributed by atoms with Crippen molar-refractivity contribution in [3.05, 3.63) is 35.9 Å². The van der Waals surface area contributed by atoms with Gasteiger partial charge >= 0.3 is 5.97 Å². The molecule has 22 heavy (non-hydrogen) atoms. The van der Waals surface area contributed by atoms with Crippen LogP contribution in [0.15, 0.2) is 30.3 Å². The van der Waals surface area contributed by atoms with Gasteiger partial charge in [-0.1, -0.05) is 44.9 Å². The Morgan fingerprint density at radius 2 is 1.55 bits per heavy atom. The van der Waals surface area contributed by atoms with Crippen LogP contribution in [0.2, 0.25) is 0 Å². The number of ether oxygens (including phenoxy) is 1. The van der Waals surface area contributed by atoms with Crippen molar-refractivity contribution >= 4 is 29.5 Å². The molecule has 1 aromatic rings. The van der Waals surface area contributed by atoms with Crippen molar-refractivity contribution in [1.82, 2.24) is 0 Å². The molecule has 0 heterocycles. The lowest BCUT2D eigenvalue weighted by Crippen LogP contribution is -2.23. The fourth-order valence-electron chi connectivity index (χ4n) is 1.83. The Bertz CT molecular complexity index is 383. The van der Waals surface area contributed by atoms with Crippen LogP contribution >= 0.6 is 23.5 Å². The molecule has 0 unspecified atom stereocenters. The second kappa shape index (κ2) is 12.9. The number of carbonyl (C=O) groups is 1. The number of hydrogen-bond acceptors (Lipinski definition) is 4. The van der Waals surface area contributed by atoms with Crippen LogP contribution in [0.1, 0.15) is 49.9 Å². The monoisotopic (exact) mass is 340 g/mol. The highest BCUT2D eigenvalue weighted by Crippen LogP contribution is 2.16. The van der Waals surface area contributed by atoms with E-state index in [2.05, 4.69) is 13.8 Å². The first-order chi connectivity index (χ1) is 10.8. The lowest BCUT2D eigenvalue weighted by molar-refractivity contribution is 0.0394. The Labute approximate surface area is 143 Å². The maximum atomic E-state index is 12.2. The van der Waals surface area contributed by atoms with Crippen LogP contribution in [0.5, 0.6) is 0 Å². The van der Waals surface area contributed by atoms with Gasteiger partial charge < -0.3 is 4.74 Å². The smallest absolute Gasteiger partial charge is 0.338 e. The number of rotatable bonds is 12. The highest BCUT2D eigenvalue weighted by atomic mass is 32.2. The molecule has 0 spiro atoms. The van der Waals surface area contributed by atoms with Gasteiger partial charge in [-0.05, 0) is 36.5 Å². The summed E-state index contributed by atoms with van der Waals surface area (Å²) in [5.41, 5.74) is 0.643. The van der Waals surface area contributed by atoms with E-state index in [9.17, 15) is 4.79 Å². The lowest BCUT2D eigenvalue weighted by atomic mass is 10.2. The highest BCUT2D eigenvalue weighted by molar-refractivity contribution is 8.00. The van der Waals surface area contributed by atoms with Crippen molar-refractivity contribution in [3.8, 4) is 0 Å². The molecule has 0 fully saturated rings. The molecular weight excluding hydrogens is 312 g/mol. The molecule has 0 N–H and O–H groups in total. The number of unbranched alkanes of at least 4 members (excludes halogenated alkanes) is 2. The van der Waals surface area contributed by atoms with Gasteiger partial charge in [-0.3, -0.25) is 0 Å². The zero-order valence-corrected chi connectivity index (χ0v) is 15.4. The SMILES string of the molecule is CCCCSCC(CSCCCC)OC(=O)c1ccccc1. The molecule has 0 aromatic heterocycles. The molecule has 1 aromatic carbocycles. The fraction of sp³-hybridized carbons (Fsp3) is 0.611. The number of benzene rings is 1. The quantitative estimate of drug-likeness (QED) is 0.382. The van der Waals surface area contributed by atoms with Gasteiger partial charge in [0.05, 0.1) is 5.56 Å². The first kappa shape index (κ1) is 19.4. The first-order valence-corrected chi connectivity index (χ1v) is 10.5. The van der Waals surface area contributed by atoms with Gasteiger partial charge in [0.25, 0.3) is 0 Å². The van der Waals surface area contributed by atoms with Crippen LogP contribution in [0, 0.1) is 0 Å². The summed E-state index contributed by atoms with van der Waals surface area (Å²) in [5.74, 6) is 3.90. The van der Waals surface area contributed by atoms with E-state index in [1.54, 1.807) is 0 Å². The van der Waals surface area contributed by atoms with Crippen LogP contribution in [-0.4, -0.2) is 35.1 Å². The minimum Gasteiger partial charge on any atom is -0.457 e. The molecule has 0 radical (unpaired) electrons. The van der Waals surface area contributed by atoms with Gasteiger partial charge in [-0.25, -0.2) is 4.79 Å². The van der Waals surface area contributed by atoms with Crippen LogP contribution in [0.25, 0.3) is 0 Å². The molecule has 124 valence electrons. The molecule has 0 atom stereocenters. The molecule has 0 bridgehead atoms. The second-order valence-electron chi connectivity index (χ2n) is 5.25. The van der Waals surface area contributed by atoms with Gasteiger partial charge in [-0.2, -0.15) is 23.5 Å². The summed E-state index contributed by atoms with van der Waals surface area (Å²) < 4.78 is 5.72. The maximum absolute atomic E-state index is 12.2. The largest absolute Gasteiger partial charge is 0.457 e. The van der Waals surface area contributed by atoms with Crippen molar-refractivity contribution in [2.45, 2.75) is 45.6 Å². The van der Waals surface area contributed by atoms with Crippen molar-refractivity contribution in [2.75, 3.05) is 23.0 Å². The number of carbonyl (C=O) groups excluding carboxylic acids is 1. The van der Waals surface area contributed by atoms with E-state index in [0.29, 0.717) is 5.56 Å². The van der Waals surface area contributed by atoms with Crippen LogP contribution < -0.4 is 0 Å². The van der Waals surface area contributed by atoms with Gasteiger partial charge in [0.15, 0.2) is 0 Å². The third-order valence-corrected chi connectivity index (χ3v) is 5.54. The lowest BCUT2D eigenvalue weighted by Gasteiger charge is -2.17. The standard InChI is InChI=1S/C18H28O2S2/c1-3-5-12-21-14-17(15-22-13-6-4-2)20-18(19)16-10-8-7-9-11-16/h7-11,17H,3-6,12-15H2,1-2H3. The zero-order chi connectivity index (χ0) is 16.0. The number of esters is 1. The molecule has 0 saturated heterocycles. The van der Waals surface area contributed by atoms with Gasteiger partial charge in [0, 0.05) is 11.5 Å². The average molecular weight is 341 g/mol. The third kappa shape index (κ3) is 8.74. The van der Waals surface area contributed by atoms with Crippen LogP contribution in [0.3, 0.4) is 0 Å². The van der Waals surface area contributed by atoms with Crippen molar-refractivity contribution in [1.29, 1.82) is 0 Å². The molecule has 1 rings (SSSR count). The Hall–Kier alpha value is -0.610. The first-order valence-electron chi connectivity index (χ1n) is 8.19. The Morgan fingerprint density at radius 3 is 2.05 bits per heavy atom. The maximum Gasteiger partial charge on any atom is 0.338 e. The zero-order valence-electron chi connectivity index (χ0n) is 13.8. The van der Waals surface area contributed by atoms with Crippen molar-refractivity contribution in [3.63, 3.8) is 0 Å². The predicted octanol–water partition coefficient (Wildman–Crippen LogP) is 5.28. The molecular formula is C18H28O2S2. The van der Waals surface area contributed by atoms with E-state index in [0.717, 1.165) is 23.0 Å². The minimum absolute atomic E-state index is 0.0106. The normalized spacial score (nSPS) is 10.9. The van der Waals surface area contributed by atoms with E-state index < -0.39 is 0 Å². The van der Waals surface area contributed by atoms with E-state index in [-0.39, 0.29) is 12.1 Å². The van der Waals surface area contributed by atoms with Gasteiger partial charge in [0.1, 0.15) is 6.10 Å². The van der Waals surface area contributed by atoms with E-state index in [1.807, 2.05) is 53.9 Å². The third-order valence-electron chi connectivity index (χ3n) is 3.18. The summed E-state index contributed by atoms with van der Waals surface area (Å²) in [5, 5.41) is 0. The summed E-state index contributed by atoms with van der Waals surface area (Å²) in [7, 11) is 0. The van der Waals surface area contributed by atoms with Crippen LogP contribution in [0.4, 0.5) is 0 Å². The topological polar surface area (TPSA) is 26.3 Å². The predicted molar refractivity (Wildman–Crippen MR) is 100 cm³/mol. The summed E-state index contributed by atoms with van der Waals surface area (Å²) in [6, 6.07) is 9.28. The second-order valence-corrected chi connectivity index (χ2v) is 7.55. The summed E-state index contributed by atoms with van der Waals surface area (Å²) in [6.07, 6.45) is 4.90. The molecule has 0 aliphatic carbocycles. The van der Waals surface area contributed by atoms with E-state index in [1.165, 1.54) is 25.7 Å². The Morgan fingerprint density at radius 1 is 1.00 bits per heavy atom. The number of hydrogen-bond donors (Lipinski definition) is 0. The highest BCUT2D eigenvalue weighted by Gasteiger charge is 2.16. The van der Waals surface area contributed by atoms with Gasteiger partial charge in [0.2, 0.25) is 0 Å². The van der Waals surface area contributed by atoms with Crippen molar-refractivity contribution < 1.29 is 9.53 Å². The molecule has 0 amide bonds. The van der Waals surface area contributed by atoms with Gasteiger partial charge in [-0.15, -0.1) is 0 Å². The van der Waals surface area contributed by atoms with E-state index >= 15 is 0 Å². The molecule has 0 saturated carbocycles. The fourth-order valence-corrected chi connectivity index (χ4v) is 4.20. The van der Waals surface area contributed by atoms with Crippen LogP contribution in [-0.2, 0) is 4.74 Å². The average Bonchev–Trinajstić information content (AvgIpc) is 2.56. The molecule has 0 aliphatic heterocycles.